The Morgan fingerprint density at radius 3 is 2.53 bits per heavy atom. The van der Waals surface area contributed by atoms with Gasteiger partial charge in [-0.15, -0.1) is 0 Å². The molecule has 0 bridgehead atoms. The Bertz CT molecular complexity index is 1110. The summed E-state index contributed by atoms with van der Waals surface area (Å²) in [5.74, 6) is 0.245. The molecule has 1 fully saturated rings. The lowest BCUT2D eigenvalue weighted by Crippen LogP contribution is -2.39. The quantitative estimate of drug-likeness (QED) is 0.524. The summed E-state index contributed by atoms with van der Waals surface area (Å²) in [6.07, 6.45) is -4.54. The molecular formula is C19H15BrClF3N2O2S2. The zero-order valence-electron chi connectivity index (χ0n) is 15.2. The second kappa shape index (κ2) is 8.03. The third-order valence-electron chi connectivity index (χ3n) is 4.92. The Kier molecular flexibility index (Phi) is 5.89. The Labute approximate surface area is 189 Å². The van der Waals surface area contributed by atoms with E-state index in [9.17, 15) is 21.6 Å². The fourth-order valence-electron chi connectivity index (χ4n) is 3.52. The molecule has 0 unspecified atom stereocenters. The minimum Gasteiger partial charge on any atom is -0.313 e. The molecule has 2 aliphatic rings. The van der Waals surface area contributed by atoms with Crippen LogP contribution in [0.3, 0.4) is 0 Å². The number of fused-ring (bicyclic) bond motifs is 1. The van der Waals surface area contributed by atoms with E-state index in [2.05, 4.69) is 20.9 Å². The van der Waals surface area contributed by atoms with Gasteiger partial charge in [-0.2, -0.15) is 13.2 Å². The molecule has 11 heteroatoms. The first-order valence-corrected chi connectivity index (χ1v) is 12.8. The monoisotopic (exact) mass is 538 g/mol. The van der Waals surface area contributed by atoms with Crippen LogP contribution in [0.2, 0.25) is 5.02 Å². The molecule has 0 amide bonds. The number of aliphatic imine (C=N–C) groups is 1. The van der Waals surface area contributed by atoms with Crippen LogP contribution in [0.4, 0.5) is 18.9 Å². The number of anilines is 1. The van der Waals surface area contributed by atoms with Crippen LogP contribution < -0.4 is 4.90 Å². The SMILES string of the molecule is O=S1(=O)C[C@@H]2N=C(SCc3ccc(Br)cc3)N(c3cc(C(F)(F)F)ccc3Cl)[C@H]2C1. The van der Waals surface area contributed by atoms with Crippen LogP contribution in [-0.4, -0.2) is 37.2 Å². The summed E-state index contributed by atoms with van der Waals surface area (Å²) in [5.41, 5.74) is 0.285. The van der Waals surface area contributed by atoms with Crippen LogP contribution >= 0.6 is 39.3 Å². The van der Waals surface area contributed by atoms with E-state index in [-0.39, 0.29) is 22.2 Å². The molecule has 4 nitrogen and oxygen atoms in total. The number of sulfone groups is 1. The summed E-state index contributed by atoms with van der Waals surface area (Å²) >= 11 is 11.0. The summed E-state index contributed by atoms with van der Waals surface area (Å²) in [5, 5.41) is 0.592. The van der Waals surface area contributed by atoms with E-state index in [0.717, 1.165) is 22.2 Å². The molecule has 160 valence electrons. The molecule has 2 atom stereocenters. The maximum absolute atomic E-state index is 13.3. The van der Waals surface area contributed by atoms with Crippen LogP contribution in [0.25, 0.3) is 0 Å². The normalized spacial score (nSPS) is 22.8. The zero-order chi connectivity index (χ0) is 21.7. The van der Waals surface area contributed by atoms with Gasteiger partial charge in [-0.25, -0.2) is 8.42 Å². The molecule has 0 radical (unpaired) electrons. The minimum absolute atomic E-state index is 0.116. The van der Waals surface area contributed by atoms with E-state index in [1.54, 1.807) is 4.90 Å². The number of rotatable bonds is 3. The van der Waals surface area contributed by atoms with Crippen molar-refractivity contribution in [3.63, 3.8) is 0 Å². The number of hydrogen-bond acceptors (Lipinski definition) is 5. The number of alkyl halides is 3. The Hall–Kier alpha value is -1.23. The molecule has 4 rings (SSSR count). The third kappa shape index (κ3) is 4.51. The first kappa shape index (κ1) is 22.0. The molecule has 1 saturated heterocycles. The molecule has 0 aromatic heterocycles. The van der Waals surface area contributed by atoms with Crippen molar-refractivity contribution in [1.82, 2.24) is 0 Å². The van der Waals surface area contributed by atoms with Crippen molar-refractivity contribution in [2.45, 2.75) is 24.0 Å². The average molecular weight is 540 g/mol. The molecule has 30 heavy (non-hydrogen) atoms. The van der Waals surface area contributed by atoms with Crippen molar-refractivity contribution in [2.24, 2.45) is 4.99 Å². The van der Waals surface area contributed by atoms with Gasteiger partial charge in [0, 0.05) is 10.2 Å². The van der Waals surface area contributed by atoms with E-state index >= 15 is 0 Å². The van der Waals surface area contributed by atoms with Gasteiger partial charge in [0.05, 0.1) is 39.9 Å². The number of thioether (sulfide) groups is 1. The highest BCUT2D eigenvalue weighted by atomic mass is 79.9. The van der Waals surface area contributed by atoms with Crippen LogP contribution in [0, 0.1) is 0 Å². The van der Waals surface area contributed by atoms with Gasteiger partial charge in [0.25, 0.3) is 0 Å². The third-order valence-corrected chi connectivity index (χ3v) is 8.51. The smallest absolute Gasteiger partial charge is 0.313 e. The van der Waals surface area contributed by atoms with Gasteiger partial charge in [0.15, 0.2) is 15.0 Å². The lowest BCUT2D eigenvalue weighted by Gasteiger charge is -2.28. The molecule has 0 N–H and O–H groups in total. The van der Waals surface area contributed by atoms with Gasteiger partial charge in [0.1, 0.15) is 0 Å². The van der Waals surface area contributed by atoms with Crippen molar-refractivity contribution in [3.8, 4) is 0 Å². The van der Waals surface area contributed by atoms with Crippen molar-refractivity contribution in [1.29, 1.82) is 0 Å². The molecule has 0 saturated carbocycles. The van der Waals surface area contributed by atoms with Gasteiger partial charge >= 0.3 is 6.18 Å². The van der Waals surface area contributed by atoms with Crippen molar-refractivity contribution >= 4 is 60.0 Å². The Balaban J connectivity index is 1.69. The van der Waals surface area contributed by atoms with Crippen molar-refractivity contribution < 1.29 is 21.6 Å². The number of benzene rings is 2. The van der Waals surface area contributed by atoms with Gasteiger partial charge in [-0.1, -0.05) is 51.4 Å². The summed E-state index contributed by atoms with van der Waals surface area (Å²) in [6, 6.07) is 9.63. The second-order valence-electron chi connectivity index (χ2n) is 7.07. The topological polar surface area (TPSA) is 49.7 Å². The number of nitrogens with zero attached hydrogens (tertiary/aromatic N) is 2. The van der Waals surface area contributed by atoms with Crippen molar-refractivity contribution in [3.05, 3.63) is 63.1 Å². The van der Waals surface area contributed by atoms with E-state index in [1.165, 1.54) is 17.8 Å². The van der Waals surface area contributed by atoms with Crippen LogP contribution in [0.5, 0.6) is 0 Å². The summed E-state index contributed by atoms with van der Waals surface area (Å²) in [6.45, 7) is 0. The number of halogens is 5. The second-order valence-corrected chi connectivity index (χ2v) is 11.5. The Morgan fingerprint density at radius 2 is 1.87 bits per heavy atom. The highest BCUT2D eigenvalue weighted by Gasteiger charge is 2.48. The summed E-state index contributed by atoms with van der Waals surface area (Å²) in [7, 11) is -3.32. The number of hydrogen-bond donors (Lipinski definition) is 0. The van der Waals surface area contributed by atoms with Gasteiger partial charge in [0.2, 0.25) is 0 Å². The standard InChI is InChI=1S/C19H15BrClF3N2O2S2/c20-13-4-1-11(2-5-13)8-29-18-25-15-9-30(27,28)10-17(15)26(18)16-7-12(19(22,23)24)3-6-14(16)21/h1-7,15,17H,8-10H2/t15-,17-/m0/s1. The van der Waals surface area contributed by atoms with Gasteiger partial charge < -0.3 is 4.90 Å². The van der Waals surface area contributed by atoms with E-state index in [0.29, 0.717) is 10.9 Å². The number of amidine groups is 1. The van der Waals surface area contributed by atoms with Crippen molar-refractivity contribution in [2.75, 3.05) is 16.4 Å². The maximum atomic E-state index is 13.3. The molecule has 0 aliphatic carbocycles. The maximum Gasteiger partial charge on any atom is 0.416 e. The fraction of sp³-hybridized carbons (Fsp3) is 0.316. The van der Waals surface area contributed by atoms with Gasteiger partial charge in [-0.3, -0.25) is 4.99 Å². The minimum atomic E-state index is -4.54. The first-order chi connectivity index (χ1) is 14.0. The molecule has 2 heterocycles. The predicted molar refractivity (Wildman–Crippen MR) is 118 cm³/mol. The predicted octanol–water partition coefficient (Wildman–Crippen LogP) is 5.40. The molecule has 2 aromatic rings. The van der Waals surface area contributed by atoms with E-state index in [4.69, 9.17) is 11.6 Å². The molecule has 2 aromatic carbocycles. The highest BCUT2D eigenvalue weighted by Crippen LogP contribution is 2.41. The summed E-state index contributed by atoms with van der Waals surface area (Å²) in [4.78, 5) is 6.11. The molecule has 2 aliphatic heterocycles. The average Bonchev–Trinajstić information content (AvgIpc) is 3.12. The van der Waals surface area contributed by atoms with Crippen LogP contribution in [0.15, 0.2) is 51.9 Å². The fourth-order valence-corrected chi connectivity index (χ4v) is 6.91. The Morgan fingerprint density at radius 1 is 1.17 bits per heavy atom. The zero-order valence-corrected chi connectivity index (χ0v) is 19.2. The largest absolute Gasteiger partial charge is 0.416 e. The van der Waals surface area contributed by atoms with Crippen LogP contribution in [-0.2, 0) is 21.8 Å². The van der Waals surface area contributed by atoms with E-state index < -0.39 is 33.7 Å². The first-order valence-electron chi connectivity index (χ1n) is 8.85. The lowest BCUT2D eigenvalue weighted by molar-refractivity contribution is -0.137. The van der Waals surface area contributed by atoms with Crippen LogP contribution in [0.1, 0.15) is 11.1 Å². The van der Waals surface area contributed by atoms with Gasteiger partial charge in [-0.05, 0) is 35.9 Å². The van der Waals surface area contributed by atoms with E-state index in [1.807, 2.05) is 24.3 Å². The molecular weight excluding hydrogens is 525 g/mol. The lowest BCUT2D eigenvalue weighted by atomic mass is 10.1. The summed E-state index contributed by atoms with van der Waals surface area (Å²) < 4.78 is 65.0. The molecule has 0 spiro atoms. The highest BCUT2D eigenvalue weighted by molar-refractivity contribution is 9.10.